The summed E-state index contributed by atoms with van der Waals surface area (Å²) in [5, 5.41) is 13.7. The largest absolute Gasteiger partial charge is 0.489 e. The molecule has 0 bridgehead atoms. The van der Waals surface area contributed by atoms with E-state index >= 15 is 0 Å². The van der Waals surface area contributed by atoms with Gasteiger partial charge in [0.2, 0.25) is 0 Å². The molecule has 0 aliphatic rings. The van der Waals surface area contributed by atoms with Crippen LogP contribution in [0.3, 0.4) is 0 Å². The van der Waals surface area contributed by atoms with Gasteiger partial charge < -0.3 is 19.7 Å². The van der Waals surface area contributed by atoms with E-state index in [2.05, 4.69) is 10.3 Å². The molecule has 1 heterocycles. The highest BCUT2D eigenvalue weighted by Gasteiger charge is 2.09. The molecule has 0 aliphatic carbocycles. The smallest absolute Gasteiger partial charge is 0.328 e. The first-order chi connectivity index (χ1) is 11.4. The molecule has 2 rings (SSSR count). The molecule has 0 fully saturated rings. The first kappa shape index (κ1) is 18.5. The molecule has 1 aromatic carbocycles. The van der Waals surface area contributed by atoms with Crippen molar-refractivity contribution < 1.29 is 9.84 Å². The molecule has 2 aromatic rings. The summed E-state index contributed by atoms with van der Waals surface area (Å²) in [6, 6.07) is 4.81. The quantitative estimate of drug-likeness (QED) is 0.670. The molecule has 0 amide bonds. The Kier molecular flexibility index (Phi) is 6.44. The van der Waals surface area contributed by atoms with Crippen LogP contribution in [0.4, 0.5) is 0 Å². The van der Waals surface area contributed by atoms with Gasteiger partial charge in [0.1, 0.15) is 18.5 Å². The standard InChI is InChI=1S/C15H17Cl2N3O4/c1-20-7-9(14(22)19-15(20)23)5-18-6-11(21)8-24-13-3-2-10(16)4-12(13)17/h2-4,7,11,18,21H,5-6,8H2,1H3,(H,19,22,23). The number of aromatic amines is 1. The highest BCUT2D eigenvalue weighted by atomic mass is 35.5. The van der Waals surface area contributed by atoms with Crippen molar-refractivity contribution in [2.75, 3.05) is 13.2 Å². The van der Waals surface area contributed by atoms with Gasteiger partial charge in [0.05, 0.1) is 5.02 Å². The van der Waals surface area contributed by atoms with Crippen molar-refractivity contribution in [3.8, 4) is 5.75 Å². The molecule has 0 saturated heterocycles. The molecule has 3 N–H and O–H groups in total. The van der Waals surface area contributed by atoms with Gasteiger partial charge in [0.15, 0.2) is 0 Å². The Bertz CT molecular complexity index is 819. The number of H-pyrrole nitrogens is 1. The second kappa shape index (κ2) is 8.34. The van der Waals surface area contributed by atoms with Crippen molar-refractivity contribution in [3.63, 3.8) is 0 Å². The minimum absolute atomic E-state index is 0.0258. The Balaban J connectivity index is 1.81. The van der Waals surface area contributed by atoms with E-state index in [-0.39, 0.29) is 19.7 Å². The fourth-order valence-corrected chi connectivity index (χ4v) is 2.42. The molecule has 24 heavy (non-hydrogen) atoms. The van der Waals surface area contributed by atoms with Crippen molar-refractivity contribution in [1.29, 1.82) is 0 Å². The van der Waals surface area contributed by atoms with Crippen LogP contribution in [0.1, 0.15) is 5.56 Å². The summed E-state index contributed by atoms with van der Waals surface area (Å²) in [5.41, 5.74) is -0.535. The number of aliphatic hydroxyl groups is 1. The Morgan fingerprint density at radius 3 is 2.83 bits per heavy atom. The summed E-state index contributed by atoms with van der Waals surface area (Å²) in [7, 11) is 1.54. The minimum atomic E-state index is -0.802. The first-order valence-electron chi connectivity index (χ1n) is 7.12. The maximum absolute atomic E-state index is 11.6. The Labute approximate surface area is 147 Å². The average molecular weight is 374 g/mol. The number of halogens is 2. The second-order valence-corrected chi connectivity index (χ2v) is 6.04. The molecular formula is C15H17Cl2N3O4. The van der Waals surface area contributed by atoms with Crippen molar-refractivity contribution in [3.05, 3.63) is 60.8 Å². The SMILES string of the molecule is Cn1cc(CNCC(O)COc2ccc(Cl)cc2Cl)c(=O)[nH]c1=O. The van der Waals surface area contributed by atoms with Crippen molar-refractivity contribution in [2.24, 2.45) is 7.05 Å². The lowest BCUT2D eigenvalue weighted by Crippen LogP contribution is -2.35. The third kappa shape index (κ3) is 5.10. The predicted molar refractivity (Wildman–Crippen MR) is 92.0 cm³/mol. The molecule has 9 heteroatoms. The number of hydrogen-bond donors (Lipinski definition) is 3. The molecule has 0 aliphatic heterocycles. The van der Waals surface area contributed by atoms with Crippen LogP contribution in [-0.4, -0.2) is 33.9 Å². The molecule has 7 nitrogen and oxygen atoms in total. The Morgan fingerprint density at radius 1 is 1.38 bits per heavy atom. The summed E-state index contributed by atoms with van der Waals surface area (Å²) in [4.78, 5) is 25.1. The van der Waals surface area contributed by atoms with E-state index in [4.69, 9.17) is 27.9 Å². The molecule has 0 spiro atoms. The fourth-order valence-electron chi connectivity index (χ4n) is 1.95. The van der Waals surface area contributed by atoms with Gasteiger partial charge in [0, 0.05) is 36.9 Å². The number of aromatic nitrogens is 2. The van der Waals surface area contributed by atoms with Gasteiger partial charge in [0.25, 0.3) is 5.56 Å². The lowest BCUT2D eigenvalue weighted by atomic mass is 10.3. The molecule has 1 aromatic heterocycles. The van der Waals surface area contributed by atoms with E-state index in [0.717, 1.165) is 0 Å². The van der Waals surface area contributed by atoms with Crippen molar-refractivity contribution in [2.45, 2.75) is 12.6 Å². The van der Waals surface area contributed by atoms with Crippen LogP contribution in [0.25, 0.3) is 0 Å². The van der Waals surface area contributed by atoms with E-state index in [1.54, 1.807) is 25.2 Å². The fraction of sp³-hybridized carbons (Fsp3) is 0.333. The summed E-state index contributed by atoms with van der Waals surface area (Å²) >= 11 is 11.8. The zero-order valence-corrected chi connectivity index (χ0v) is 14.4. The van der Waals surface area contributed by atoms with Crippen LogP contribution in [0.2, 0.25) is 10.0 Å². The monoisotopic (exact) mass is 373 g/mol. The normalized spacial score (nSPS) is 12.2. The third-order valence-corrected chi connectivity index (χ3v) is 3.73. The zero-order chi connectivity index (χ0) is 17.7. The number of rotatable bonds is 7. The van der Waals surface area contributed by atoms with Gasteiger partial charge in [-0.2, -0.15) is 0 Å². The lowest BCUT2D eigenvalue weighted by molar-refractivity contribution is 0.106. The third-order valence-electron chi connectivity index (χ3n) is 3.20. The van der Waals surface area contributed by atoms with Crippen LogP contribution in [0.15, 0.2) is 34.0 Å². The van der Waals surface area contributed by atoms with Gasteiger partial charge in [-0.25, -0.2) is 4.79 Å². The predicted octanol–water partition coefficient (Wildman–Crippen LogP) is 0.910. The lowest BCUT2D eigenvalue weighted by Gasteiger charge is -2.14. The first-order valence-corrected chi connectivity index (χ1v) is 7.88. The van der Waals surface area contributed by atoms with Crippen molar-refractivity contribution in [1.82, 2.24) is 14.9 Å². The zero-order valence-electron chi connectivity index (χ0n) is 12.9. The number of ether oxygens (including phenoxy) is 1. The van der Waals surface area contributed by atoms with Crippen LogP contribution in [0.5, 0.6) is 5.75 Å². The van der Waals surface area contributed by atoms with Gasteiger partial charge in [-0.3, -0.25) is 9.78 Å². The number of aryl methyl sites for hydroxylation is 1. The van der Waals surface area contributed by atoms with E-state index < -0.39 is 17.4 Å². The number of nitrogens with one attached hydrogen (secondary N) is 2. The molecular weight excluding hydrogens is 357 g/mol. The van der Waals surface area contributed by atoms with E-state index in [0.29, 0.717) is 21.4 Å². The minimum Gasteiger partial charge on any atom is -0.489 e. The van der Waals surface area contributed by atoms with Gasteiger partial charge in [-0.1, -0.05) is 23.2 Å². The highest BCUT2D eigenvalue weighted by molar-refractivity contribution is 6.35. The van der Waals surface area contributed by atoms with Crippen LogP contribution in [-0.2, 0) is 13.6 Å². The maximum atomic E-state index is 11.6. The van der Waals surface area contributed by atoms with Gasteiger partial charge in [-0.05, 0) is 18.2 Å². The Morgan fingerprint density at radius 2 is 2.12 bits per heavy atom. The second-order valence-electron chi connectivity index (χ2n) is 5.19. The molecule has 130 valence electrons. The number of nitrogens with zero attached hydrogens (tertiary/aromatic N) is 1. The number of hydrogen-bond acceptors (Lipinski definition) is 5. The molecule has 1 unspecified atom stereocenters. The van der Waals surface area contributed by atoms with E-state index in [1.807, 2.05) is 0 Å². The topological polar surface area (TPSA) is 96.3 Å². The summed E-state index contributed by atoms with van der Waals surface area (Å²) in [6.45, 7) is 0.438. The van der Waals surface area contributed by atoms with E-state index in [1.165, 1.54) is 10.8 Å². The molecule has 0 saturated carbocycles. The molecule has 1 atom stereocenters. The molecule has 0 radical (unpaired) electrons. The number of benzene rings is 1. The summed E-state index contributed by atoms with van der Waals surface area (Å²) < 4.78 is 6.70. The summed E-state index contributed by atoms with van der Waals surface area (Å²) in [5.74, 6) is 0.426. The maximum Gasteiger partial charge on any atom is 0.328 e. The number of aliphatic hydroxyl groups excluding tert-OH is 1. The van der Waals surface area contributed by atoms with Gasteiger partial charge in [-0.15, -0.1) is 0 Å². The van der Waals surface area contributed by atoms with Crippen LogP contribution in [0, 0.1) is 0 Å². The highest BCUT2D eigenvalue weighted by Crippen LogP contribution is 2.27. The van der Waals surface area contributed by atoms with Gasteiger partial charge >= 0.3 is 5.69 Å². The van der Waals surface area contributed by atoms with E-state index in [9.17, 15) is 14.7 Å². The average Bonchev–Trinajstić information content (AvgIpc) is 2.51. The summed E-state index contributed by atoms with van der Waals surface area (Å²) in [6.07, 6.45) is 0.646. The van der Waals surface area contributed by atoms with Crippen LogP contribution >= 0.6 is 23.2 Å². The van der Waals surface area contributed by atoms with Crippen LogP contribution < -0.4 is 21.3 Å². The Hall–Kier alpha value is -1.80. The van der Waals surface area contributed by atoms with Crippen molar-refractivity contribution >= 4 is 23.2 Å².